The standard InChI is InChI=1S/C23H30N2O2/c1-13-21(17(5)26)15(3)25-22(13)23(27)16(4)24-14(2)19-11-10-18-8-6-7-9-20(18)12-19/h10-12,14,16,24-25H,6-9H2,1-5H3/t14-,16+/m1/s1. The molecule has 0 unspecified atom stereocenters. The summed E-state index contributed by atoms with van der Waals surface area (Å²) >= 11 is 0. The summed E-state index contributed by atoms with van der Waals surface area (Å²) in [4.78, 5) is 27.9. The number of fused-ring (bicyclic) bond motifs is 1. The lowest BCUT2D eigenvalue weighted by atomic mass is 9.89. The highest BCUT2D eigenvalue weighted by Gasteiger charge is 2.25. The maximum atomic E-state index is 12.9. The number of Topliss-reactive ketones (excluding diaryl/α,β-unsaturated/α-hetero) is 2. The number of rotatable bonds is 6. The van der Waals surface area contributed by atoms with Crippen molar-refractivity contribution in [2.75, 3.05) is 0 Å². The van der Waals surface area contributed by atoms with Crippen LogP contribution >= 0.6 is 0 Å². The van der Waals surface area contributed by atoms with Crippen LogP contribution < -0.4 is 5.32 Å². The summed E-state index contributed by atoms with van der Waals surface area (Å²) in [6.07, 6.45) is 4.87. The Bertz CT molecular complexity index is 879. The number of nitrogens with one attached hydrogen (secondary N) is 2. The van der Waals surface area contributed by atoms with Crippen LogP contribution in [0.3, 0.4) is 0 Å². The van der Waals surface area contributed by atoms with E-state index < -0.39 is 0 Å². The quantitative estimate of drug-likeness (QED) is 0.733. The van der Waals surface area contributed by atoms with Crippen LogP contribution in [0.2, 0.25) is 0 Å². The minimum absolute atomic E-state index is 0.00656. The zero-order valence-corrected chi connectivity index (χ0v) is 17.0. The van der Waals surface area contributed by atoms with Gasteiger partial charge in [0.25, 0.3) is 0 Å². The van der Waals surface area contributed by atoms with Crippen LogP contribution in [0.15, 0.2) is 18.2 Å². The number of carbonyl (C=O) groups is 2. The van der Waals surface area contributed by atoms with Crippen LogP contribution in [0.1, 0.15) is 88.4 Å². The van der Waals surface area contributed by atoms with Crippen LogP contribution in [0.5, 0.6) is 0 Å². The summed E-state index contributed by atoms with van der Waals surface area (Å²) in [7, 11) is 0. The van der Waals surface area contributed by atoms with Crippen molar-refractivity contribution >= 4 is 11.6 Å². The molecule has 0 radical (unpaired) electrons. The van der Waals surface area contributed by atoms with E-state index in [0.29, 0.717) is 11.3 Å². The van der Waals surface area contributed by atoms with Crippen molar-refractivity contribution in [3.8, 4) is 0 Å². The molecule has 2 atom stereocenters. The molecule has 0 saturated heterocycles. The Hall–Kier alpha value is -2.20. The van der Waals surface area contributed by atoms with Crippen molar-refractivity contribution in [3.05, 3.63) is 57.4 Å². The van der Waals surface area contributed by atoms with Crippen molar-refractivity contribution < 1.29 is 9.59 Å². The third kappa shape index (κ3) is 3.91. The van der Waals surface area contributed by atoms with E-state index in [0.717, 1.165) is 17.7 Å². The molecule has 1 aliphatic carbocycles. The first-order chi connectivity index (χ1) is 12.8. The first-order valence-electron chi connectivity index (χ1n) is 9.91. The van der Waals surface area contributed by atoms with Gasteiger partial charge in [0.05, 0.1) is 11.7 Å². The Balaban J connectivity index is 1.75. The monoisotopic (exact) mass is 366 g/mol. The van der Waals surface area contributed by atoms with Crippen molar-refractivity contribution in [1.29, 1.82) is 0 Å². The molecule has 4 heteroatoms. The molecular formula is C23H30N2O2. The molecule has 0 amide bonds. The minimum Gasteiger partial charge on any atom is -0.355 e. The second kappa shape index (κ2) is 7.81. The Morgan fingerprint density at radius 3 is 2.37 bits per heavy atom. The lowest BCUT2D eigenvalue weighted by molar-refractivity contribution is 0.0940. The fraction of sp³-hybridized carbons (Fsp3) is 0.478. The largest absolute Gasteiger partial charge is 0.355 e. The fourth-order valence-electron chi connectivity index (χ4n) is 4.31. The number of H-pyrrole nitrogens is 1. The highest BCUT2D eigenvalue weighted by Crippen LogP contribution is 2.25. The number of ketones is 2. The SMILES string of the molecule is CC(=O)c1c(C)[nH]c(C(=O)[C@H](C)N[C@H](C)c2ccc3c(c2)CCCC3)c1C. The first-order valence-corrected chi connectivity index (χ1v) is 9.91. The average Bonchev–Trinajstić information content (AvgIpc) is 2.94. The van der Waals surface area contributed by atoms with Crippen LogP contribution in [0, 0.1) is 13.8 Å². The van der Waals surface area contributed by atoms with E-state index in [1.165, 1.54) is 42.9 Å². The summed E-state index contributed by atoms with van der Waals surface area (Å²) in [5, 5.41) is 3.43. The number of hydrogen-bond donors (Lipinski definition) is 2. The Kier molecular flexibility index (Phi) is 5.66. The maximum Gasteiger partial charge on any atom is 0.195 e. The Morgan fingerprint density at radius 2 is 1.74 bits per heavy atom. The maximum absolute atomic E-state index is 12.9. The lowest BCUT2D eigenvalue weighted by Crippen LogP contribution is -2.36. The number of aromatic nitrogens is 1. The summed E-state index contributed by atoms with van der Waals surface area (Å²) in [5.74, 6) is -0.0174. The molecule has 27 heavy (non-hydrogen) atoms. The second-order valence-corrected chi connectivity index (χ2v) is 7.89. The molecule has 0 bridgehead atoms. The van der Waals surface area contributed by atoms with Gasteiger partial charge < -0.3 is 10.3 Å². The molecule has 3 rings (SSSR count). The van der Waals surface area contributed by atoms with Gasteiger partial charge in [0.2, 0.25) is 0 Å². The molecular weight excluding hydrogens is 336 g/mol. The van der Waals surface area contributed by atoms with Crippen molar-refractivity contribution in [1.82, 2.24) is 10.3 Å². The topological polar surface area (TPSA) is 62.0 Å². The van der Waals surface area contributed by atoms with Crippen molar-refractivity contribution in [3.63, 3.8) is 0 Å². The predicted octanol–water partition coefficient (Wildman–Crippen LogP) is 4.63. The van der Waals surface area contributed by atoms with Gasteiger partial charge in [0, 0.05) is 17.3 Å². The molecule has 0 saturated carbocycles. The van der Waals surface area contributed by atoms with Crippen molar-refractivity contribution in [2.24, 2.45) is 0 Å². The molecule has 144 valence electrons. The number of benzene rings is 1. The van der Waals surface area contributed by atoms with E-state index in [4.69, 9.17) is 0 Å². The van der Waals surface area contributed by atoms with Gasteiger partial charge in [-0.2, -0.15) is 0 Å². The molecule has 0 fully saturated rings. The van der Waals surface area contributed by atoms with E-state index in [-0.39, 0.29) is 23.7 Å². The van der Waals surface area contributed by atoms with E-state index in [9.17, 15) is 9.59 Å². The number of hydrogen-bond acceptors (Lipinski definition) is 3. The molecule has 1 aliphatic rings. The smallest absolute Gasteiger partial charge is 0.195 e. The number of aromatic amines is 1. The van der Waals surface area contributed by atoms with Crippen molar-refractivity contribution in [2.45, 2.75) is 72.4 Å². The lowest BCUT2D eigenvalue weighted by Gasteiger charge is -2.22. The number of aryl methyl sites for hydroxylation is 3. The van der Waals surface area contributed by atoms with Crippen LogP contribution in [-0.4, -0.2) is 22.6 Å². The highest BCUT2D eigenvalue weighted by molar-refractivity contribution is 6.05. The predicted molar refractivity (Wildman–Crippen MR) is 109 cm³/mol. The van der Waals surface area contributed by atoms with Gasteiger partial charge in [-0.3, -0.25) is 9.59 Å². The fourth-order valence-corrected chi connectivity index (χ4v) is 4.31. The molecule has 1 heterocycles. The van der Waals surface area contributed by atoms with E-state index in [2.05, 4.69) is 35.4 Å². The second-order valence-electron chi connectivity index (χ2n) is 7.89. The van der Waals surface area contributed by atoms with Gasteiger partial charge in [-0.25, -0.2) is 0 Å². The van der Waals surface area contributed by atoms with E-state index in [1.54, 1.807) is 0 Å². The van der Waals surface area contributed by atoms with Gasteiger partial charge in [0.1, 0.15) is 0 Å². The zero-order valence-electron chi connectivity index (χ0n) is 17.0. The highest BCUT2D eigenvalue weighted by atomic mass is 16.1. The molecule has 1 aromatic carbocycles. The first kappa shape index (κ1) is 19.6. The van der Waals surface area contributed by atoms with E-state index >= 15 is 0 Å². The zero-order chi connectivity index (χ0) is 19.7. The van der Waals surface area contributed by atoms with Gasteiger partial charge >= 0.3 is 0 Å². The third-order valence-electron chi connectivity index (χ3n) is 5.80. The molecule has 0 spiro atoms. The summed E-state index contributed by atoms with van der Waals surface area (Å²) in [5.41, 5.74) is 6.82. The van der Waals surface area contributed by atoms with Crippen LogP contribution in [0.4, 0.5) is 0 Å². The minimum atomic E-state index is -0.340. The molecule has 4 nitrogen and oxygen atoms in total. The average molecular weight is 367 g/mol. The number of carbonyl (C=O) groups excluding carboxylic acids is 2. The van der Waals surface area contributed by atoms with Gasteiger partial charge in [-0.05, 0) is 82.6 Å². The normalized spacial score (nSPS) is 15.9. The summed E-state index contributed by atoms with van der Waals surface area (Å²) in [6.45, 7) is 9.21. The van der Waals surface area contributed by atoms with Gasteiger partial charge in [-0.15, -0.1) is 0 Å². The Morgan fingerprint density at radius 1 is 1.07 bits per heavy atom. The van der Waals surface area contributed by atoms with Gasteiger partial charge in [-0.1, -0.05) is 18.2 Å². The molecule has 0 aliphatic heterocycles. The summed E-state index contributed by atoms with van der Waals surface area (Å²) < 4.78 is 0. The van der Waals surface area contributed by atoms with Crippen LogP contribution in [-0.2, 0) is 12.8 Å². The third-order valence-corrected chi connectivity index (χ3v) is 5.80. The van der Waals surface area contributed by atoms with E-state index in [1.807, 2.05) is 20.8 Å². The summed E-state index contributed by atoms with van der Waals surface area (Å²) in [6, 6.07) is 6.46. The Labute approximate surface area is 161 Å². The molecule has 2 aromatic rings. The van der Waals surface area contributed by atoms with Gasteiger partial charge in [0.15, 0.2) is 11.6 Å². The molecule has 2 N–H and O–H groups in total. The molecule has 1 aromatic heterocycles. The van der Waals surface area contributed by atoms with Crippen LogP contribution in [0.25, 0.3) is 0 Å².